The summed E-state index contributed by atoms with van der Waals surface area (Å²) < 4.78 is 11.2. The lowest BCUT2D eigenvalue weighted by Crippen LogP contribution is -2.30. The molecule has 28 heavy (non-hydrogen) atoms. The van der Waals surface area contributed by atoms with Gasteiger partial charge in [-0.3, -0.25) is 4.79 Å². The van der Waals surface area contributed by atoms with E-state index >= 15 is 0 Å². The number of benzene rings is 2. The summed E-state index contributed by atoms with van der Waals surface area (Å²) in [7, 11) is 0. The molecule has 6 nitrogen and oxygen atoms in total. The predicted octanol–water partition coefficient (Wildman–Crippen LogP) is 3.27. The number of amides is 1. The summed E-state index contributed by atoms with van der Waals surface area (Å²) in [6, 6.07) is 13.5. The highest BCUT2D eigenvalue weighted by Gasteiger charge is 2.29. The minimum Gasteiger partial charge on any atom is -0.481 e. The monoisotopic (exact) mass is 383 g/mol. The normalized spacial score (nSPS) is 18.6. The molecule has 0 bridgehead atoms. The van der Waals surface area contributed by atoms with Gasteiger partial charge in [-0.25, -0.2) is 4.79 Å². The summed E-state index contributed by atoms with van der Waals surface area (Å²) in [5.74, 6) is -0.457. The van der Waals surface area contributed by atoms with E-state index in [1.54, 1.807) is 26.0 Å². The van der Waals surface area contributed by atoms with Crippen molar-refractivity contribution in [2.45, 2.75) is 26.4 Å². The maximum atomic E-state index is 12.6. The Balaban J connectivity index is 1.64. The van der Waals surface area contributed by atoms with E-state index in [0.717, 1.165) is 23.1 Å². The number of carbonyl (C=O) groups excluding carboxylic acids is 1. The van der Waals surface area contributed by atoms with Crippen LogP contribution in [-0.2, 0) is 9.53 Å². The average molecular weight is 383 g/mol. The van der Waals surface area contributed by atoms with Gasteiger partial charge in [0.05, 0.1) is 6.10 Å². The molecular formula is C22H25NO5. The molecule has 148 valence electrons. The Kier molecular flexibility index (Phi) is 6.31. The molecule has 2 aromatic carbocycles. The highest BCUT2D eigenvalue weighted by atomic mass is 16.5. The number of nitrogens with one attached hydrogen (secondary N) is 1. The Morgan fingerprint density at radius 3 is 2.50 bits per heavy atom. The van der Waals surface area contributed by atoms with Crippen molar-refractivity contribution in [3.05, 3.63) is 64.7 Å². The van der Waals surface area contributed by atoms with E-state index in [0.29, 0.717) is 24.5 Å². The lowest BCUT2D eigenvalue weighted by atomic mass is 9.95. The van der Waals surface area contributed by atoms with E-state index in [2.05, 4.69) is 5.32 Å². The molecule has 2 aromatic rings. The number of aryl methyl sites for hydroxylation is 2. The minimum absolute atomic E-state index is 0.00299. The molecule has 0 radical (unpaired) electrons. The van der Waals surface area contributed by atoms with Crippen molar-refractivity contribution in [1.82, 2.24) is 5.32 Å². The molecule has 0 aromatic heterocycles. The molecule has 0 spiro atoms. The van der Waals surface area contributed by atoms with E-state index in [-0.39, 0.29) is 17.9 Å². The van der Waals surface area contributed by atoms with E-state index in [4.69, 9.17) is 14.6 Å². The highest BCUT2D eigenvalue weighted by Crippen LogP contribution is 2.34. The second-order valence-electron chi connectivity index (χ2n) is 7.08. The average Bonchev–Trinajstić information content (AvgIpc) is 3.14. The zero-order chi connectivity index (χ0) is 20.1. The maximum absolute atomic E-state index is 12.6. The summed E-state index contributed by atoms with van der Waals surface area (Å²) in [6.45, 7) is 4.42. The number of hydrogen-bond donors (Lipinski definition) is 2. The first-order valence-electron chi connectivity index (χ1n) is 9.36. The number of carboxylic acid groups (broad SMARTS) is 1. The Bertz CT molecular complexity index is 826. The largest absolute Gasteiger partial charge is 0.481 e. The molecule has 0 saturated carbocycles. The molecule has 2 N–H and O–H groups in total. The topological polar surface area (TPSA) is 84.9 Å². The summed E-state index contributed by atoms with van der Waals surface area (Å²) in [5, 5.41) is 11.8. The highest BCUT2D eigenvalue weighted by molar-refractivity contribution is 5.95. The van der Waals surface area contributed by atoms with Crippen LogP contribution in [0.5, 0.6) is 5.75 Å². The third-order valence-corrected chi connectivity index (χ3v) is 4.93. The second-order valence-corrected chi connectivity index (χ2v) is 7.08. The van der Waals surface area contributed by atoms with E-state index in [1.807, 2.05) is 30.3 Å². The van der Waals surface area contributed by atoms with Crippen LogP contribution in [0.2, 0.25) is 0 Å². The number of aliphatic carboxylic acids is 1. The number of ether oxygens (including phenoxy) is 2. The lowest BCUT2D eigenvalue weighted by Gasteiger charge is -2.19. The maximum Gasteiger partial charge on any atom is 0.341 e. The van der Waals surface area contributed by atoms with Gasteiger partial charge in [0.2, 0.25) is 0 Å². The summed E-state index contributed by atoms with van der Waals surface area (Å²) in [6.07, 6.45) is 0.900. The number of hydrogen-bond acceptors (Lipinski definition) is 4. The number of carbonyl (C=O) groups is 2. The molecule has 1 aliphatic heterocycles. The molecule has 1 heterocycles. The Hall–Kier alpha value is -2.86. The van der Waals surface area contributed by atoms with Crippen LogP contribution in [-0.4, -0.2) is 36.7 Å². The van der Waals surface area contributed by atoms with Crippen molar-refractivity contribution in [3.8, 4) is 5.75 Å². The SMILES string of the molecule is Cc1cc(C(=O)NC[C@@H]2CCO[C@H]2c2ccccc2)cc(C)c1OCC(=O)O. The van der Waals surface area contributed by atoms with Crippen LogP contribution >= 0.6 is 0 Å². The standard InChI is InChI=1S/C22H25NO5/c1-14-10-18(11-15(2)20(14)28-13-19(24)25)22(26)23-12-17-8-9-27-21(17)16-6-4-3-5-7-16/h3-7,10-11,17,21H,8-9,12-13H2,1-2H3,(H,23,26)(H,24,25)/t17-,21-/m0/s1. The second kappa shape index (κ2) is 8.89. The predicted molar refractivity (Wildman–Crippen MR) is 105 cm³/mol. The quantitative estimate of drug-likeness (QED) is 0.766. The van der Waals surface area contributed by atoms with Gasteiger partial charge in [-0.05, 0) is 49.1 Å². The van der Waals surface area contributed by atoms with Crippen molar-refractivity contribution in [2.75, 3.05) is 19.8 Å². The Morgan fingerprint density at radius 2 is 1.86 bits per heavy atom. The van der Waals surface area contributed by atoms with Crippen LogP contribution < -0.4 is 10.1 Å². The Morgan fingerprint density at radius 1 is 1.18 bits per heavy atom. The van der Waals surface area contributed by atoms with Gasteiger partial charge in [0.1, 0.15) is 5.75 Å². The van der Waals surface area contributed by atoms with Crippen molar-refractivity contribution in [1.29, 1.82) is 0 Å². The van der Waals surface area contributed by atoms with E-state index < -0.39 is 12.6 Å². The summed E-state index contributed by atoms with van der Waals surface area (Å²) >= 11 is 0. The van der Waals surface area contributed by atoms with Gasteiger partial charge in [0, 0.05) is 24.6 Å². The van der Waals surface area contributed by atoms with Crippen LogP contribution in [0.15, 0.2) is 42.5 Å². The van der Waals surface area contributed by atoms with Crippen LogP contribution in [0.1, 0.15) is 39.6 Å². The van der Waals surface area contributed by atoms with Crippen molar-refractivity contribution >= 4 is 11.9 Å². The van der Waals surface area contributed by atoms with Gasteiger partial charge in [0.15, 0.2) is 6.61 Å². The van der Waals surface area contributed by atoms with Gasteiger partial charge in [-0.15, -0.1) is 0 Å². The number of rotatable bonds is 7. The van der Waals surface area contributed by atoms with Gasteiger partial charge >= 0.3 is 5.97 Å². The fourth-order valence-corrected chi connectivity index (χ4v) is 3.62. The first-order valence-corrected chi connectivity index (χ1v) is 9.36. The van der Waals surface area contributed by atoms with Crippen molar-refractivity contribution < 1.29 is 24.2 Å². The van der Waals surface area contributed by atoms with E-state index in [9.17, 15) is 9.59 Å². The van der Waals surface area contributed by atoms with Crippen molar-refractivity contribution in [3.63, 3.8) is 0 Å². The zero-order valence-corrected chi connectivity index (χ0v) is 16.1. The van der Waals surface area contributed by atoms with Crippen LogP contribution in [0.25, 0.3) is 0 Å². The molecule has 1 aliphatic rings. The molecule has 1 fully saturated rings. The molecule has 0 aliphatic carbocycles. The third kappa shape index (κ3) is 4.70. The van der Waals surface area contributed by atoms with Crippen molar-refractivity contribution in [2.24, 2.45) is 5.92 Å². The van der Waals surface area contributed by atoms with Gasteiger partial charge in [-0.2, -0.15) is 0 Å². The first-order chi connectivity index (χ1) is 13.5. The van der Waals surface area contributed by atoms with Gasteiger partial charge < -0.3 is 19.9 Å². The molecule has 3 rings (SSSR count). The number of carboxylic acids is 1. The first kappa shape index (κ1) is 19.9. The van der Waals surface area contributed by atoms with Gasteiger partial charge in [0.25, 0.3) is 5.91 Å². The van der Waals surface area contributed by atoms with Crippen LogP contribution in [0, 0.1) is 19.8 Å². The molecule has 1 amide bonds. The summed E-state index contributed by atoms with van der Waals surface area (Å²) in [4.78, 5) is 23.4. The fraction of sp³-hybridized carbons (Fsp3) is 0.364. The van der Waals surface area contributed by atoms with E-state index in [1.165, 1.54) is 0 Å². The molecule has 2 atom stereocenters. The molecular weight excluding hydrogens is 358 g/mol. The zero-order valence-electron chi connectivity index (χ0n) is 16.1. The smallest absolute Gasteiger partial charge is 0.341 e. The lowest BCUT2D eigenvalue weighted by molar-refractivity contribution is -0.139. The van der Waals surface area contributed by atoms with Crippen LogP contribution in [0.3, 0.4) is 0 Å². The third-order valence-electron chi connectivity index (χ3n) is 4.93. The molecule has 6 heteroatoms. The fourth-order valence-electron chi connectivity index (χ4n) is 3.62. The molecule has 1 saturated heterocycles. The molecule has 0 unspecified atom stereocenters. The summed E-state index contributed by atoms with van der Waals surface area (Å²) in [5.41, 5.74) is 3.13. The Labute approximate surface area is 164 Å². The minimum atomic E-state index is -1.03. The van der Waals surface area contributed by atoms with Crippen LogP contribution in [0.4, 0.5) is 0 Å². The van der Waals surface area contributed by atoms with Gasteiger partial charge in [-0.1, -0.05) is 30.3 Å².